The van der Waals surface area contributed by atoms with Crippen LogP contribution in [-0.4, -0.2) is 181 Å². The number of alkyl halides is 2. The Morgan fingerprint density at radius 3 is 1.28 bits per heavy atom. The minimum atomic E-state index is -2.84. The van der Waals surface area contributed by atoms with Crippen LogP contribution in [0.25, 0.3) is 0 Å². The molecule has 0 spiro atoms. The van der Waals surface area contributed by atoms with Gasteiger partial charge in [0.1, 0.15) is 57.4 Å². The first-order valence-electron chi connectivity index (χ1n) is 30.8. The molecule has 8 rings (SSSR count). The van der Waals surface area contributed by atoms with Gasteiger partial charge in [0.05, 0.1) is 52.5 Å². The van der Waals surface area contributed by atoms with Gasteiger partial charge >= 0.3 is 53.9 Å². The highest BCUT2D eigenvalue weighted by atomic mass is 19.1. The number of benzene rings is 4. The van der Waals surface area contributed by atoms with Crippen molar-refractivity contribution in [2.24, 2.45) is 11.8 Å². The molecule has 4 aromatic rings. The molecule has 504 valence electrons. The van der Waals surface area contributed by atoms with Crippen molar-refractivity contribution in [1.82, 2.24) is 19.6 Å². The van der Waals surface area contributed by atoms with Gasteiger partial charge in [0, 0.05) is 32.5 Å². The normalized spacial score (nSPS) is 19.5. The van der Waals surface area contributed by atoms with Crippen LogP contribution in [0.2, 0.25) is 0 Å². The van der Waals surface area contributed by atoms with Crippen molar-refractivity contribution in [2.75, 3.05) is 78.8 Å². The van der Waals surface area contributed by atoms with Gasteiger partial charge in [-0.2, -0.15) is 0 Å². The lowest BCUT2D eigenvalue weighted by atomic mass is 9.96. The Balaban J connectivity index is 0.000000227. The fraction of sp³-hybridized carbons (Fsp3) is 0.441. The van der Waals surface area contributed by atoms with Gasteiger partial charge in [-0.25, -0.2) is 37.5 Å². The number of likely N-dealkylation sites (tertiary alicyclic amines) is 4. The Morgan fingerprint density at radius 1 is 0.436 bits per heavy atom. The van der Waals surface area contributed by atoms with Crippen molar-refractivity contribution in [3.63, 3.8) is 0 Å². The van der Waals surface area contributed by atoms with Crippen LogP contribution < -0.4 is 0 Å². The number of Topliss-reactive ketones (excluding diaryl/α,β-unsaturated/α-hetero) is 4. The number of hydrogen-bond donors (Lipinski definition) is 0. The maximum Gasteiger partial charge on any atom is 0.413 e. The third kappa shape index (κ3) is 23.4. The third-order valence-electron chi connectivity index (χ3n) is 14.6. The van der Waals surface area contributed by atoms with Crippen LogP contribution in [-0.2, 0) is 103 Å². The molecule has 0 bridgehead atoms. The van der Waals surface area contributed by atoms with E-state index >= 15 is 0 Å². The van der Waals surface area contributed by atoms with Gasteiger partial charge in [-0.05, 0) is 62.8 Å². The Hall–Kier alpha value is -9.88. The quantitative estimate of drug-likeness (QED) is 0.0439. The molecule has 4 amide bonds. The molecule has 4 heterocycles. The first-order valence-corrected chi connectivity index (χ1v) is 30.8. The monoisotopic (exact) mass is 1310 g/mol. The summed E-state index contributed by atoms with van der Waals surface area (Å²) in [5.41, 5.74) is -2.25. The maximum absolute atomic E-state index is 14.9. The second-order valence-corrected chi connectivity index (χ2v) is 21.4. The van der Waals surface area contributed by atoms with Crippen LogP contribution in [0.1, 0.15) is 88.5 Å². The van der Waals surface area contributed by atoms with Crippen LogP contribution >= 0.6 is 0 Å². The second-order valence-electron chi connectivity index (χ2n) is 21.4. The van der Waals surface area contributed by atoms with Crippen LogP contribution in [0.3, 0.4) is 0 Å². The molecule has 4 atom stereocenters. The van der Waals surface area contributed by atoms with E-state index in [2.05, 4.69) is 9.47 Å². The lowest BCUT2D eigenvalue weighted by molar-refractivity contribution is -0.163. The number of nitrogens with zero attached hydrogens (tertiary/aromatic N) is 4. The average Bonchev–Trinajstić information content (AvgIpc) is 1.55. The van der Waals surface area contributed by atoms with Crippen molar-refractivity contribution in [3.8, 4) is 0 Å². The summed E-state index contributed by atoms with van der Waals surface area (Å²) in [4.78, 5) is 149. The minimum Gasteiger partial charge on any atom is -0.465 e. The van der Waals surface area contributed by atoms with Crippen LogP contribution in [0.5, 0.6) is 0 Å². The molecule has 4 aromatic carbocycles. The highest BCUT2D eigenvalue weighted by Gasteiger charge is 2.54. The summed E-state index contributed by atoms with van der Waals surface area (Å²) in [5, 5.41) is 0. The highest BCUT2D eigenvalue weighted by Crippen LogP contribution is 2.27. The van der Waals surface area contributed by atoms with E-state index in [1.165, 1.54) is 30.1 Å². The summed E-state index contributed by atoms with van der Waals surface area (Å²) < 4.78 is 69.4. The van der Waals surface area contributed by atoms with Gasteiger partial charge in [0.2, 0.25) is 5.78 Å². The highest BCUT2D eigenvalue weighted by molar-refractivity contribution is 6.09. The lowest BCUT2D eigenvalue weighted by Crippen LogP contribution is -2.52. The van der Waals surface area contributed by atoms with Gasteiger partial charge in [-0.1, -0.05) is 121 Å². The molecular formula is C68H80F2N4O20+2. The zero-order valence-electron chi connectivity index (χ0n) is 53.1. The molecule has 0 aliphatic carbocycles. The maximum atomic E-state index is 14.9. The van der Waals surface area contributed by atoms with Crippen molar-refractivity contribution in [1.29, 1.82) is 0 Å². The van der Waals surface area contributed by atoms with E-state index in [1.807, 2.05) is 84.9 Å². The van der Waals surface area contributed by atoms with Gasteiger partial charge in [-0.15, -0.1) is 0 Å². The van der Waals surface area contributed by atoms with E-state index in [0.717, 1.165) is 32.1 Å². The molecule has 24 nitrogen and oxygen atoms in total. The van der Waals surface area contributed by atoms with E-state index in [-0.39, 0.29) is 123 Å². The van der Waals surface area contributed by atoms with Crippen LogP contribution in [0.4, 0.5) is 28.0 Å². The number of hydrogen-bond acceptors (Lipinski definition) is 20. The summed E-state index contributed by atoms with van der Waals surface area (Å²) in [6.45, 7) is 6.65. The first-order chi connectivity index (χ1) is 45.2. The molecule has 4 unspecified atom stereocenters. The number of carbonyl (C=O) groups excluding carboxylic acids is 12. The van der Waals surface area contributed by atoms with Gasteiger partial charge in [-0.3, -0.25) is 38.6 Å². The molecular weight excluding hydrogens is 1230 g/mol. The van der Waals surface area contributed by atoms with Crippen molar-refractivity contribution < 1.29 is 104 Å². The lowest BCUT2D eigenvalue weighted by Gasteiger charge is -2.26. The largest absolute Gasteiger partial charge is 0.465 e. The predicted octanol–water partition coefficient (Wildman–Crippen LogP) is 8.48. The first kappa shape index (κ1) is 74.8. The zero-order valence-corrected chi connectivity index (χ0v) is 53.1. The number of ketones is 4. The molecule has 26 heteroatoms. The van der Waals surface area contributed by atoms with E-state index in [0.29, 0.717) is 13.0 Å². The SMILES string of the molecule is CCOC(=O)C1(F)CN(C(=O)OCc2ccccc2)CCCC1=O.CCOC(=O)C1(F)C[CH+]CN(C(=O)OCc2ccccc2)CC1=O.CCOC(=O)C1CN(C(=O)OCc2ccccc2)CCCC1=O.CCOC(=O)C1C[CH+]CN(C(=O)OCc2ccccc2)CC1=O. The van der Waals surface area contributed by atoms with E-state index in [4.69, 9.17) is 28.4 Å². The van der Waals surface area contributed by atoms with E-state index in [1.54, 1.807) is 56.7 Å². The summed E-state index contributed by atoms with van der Waals surface area (Å²) in [7, 11) is 0. The second kappa shape index (κ2) is 38.8. The van der Waals surface area contributed by atoms with E-state index < -0.39 is 103 Å². The molecule has 0 radical (unpaired) electrons. The number of ether oxygens (including phenoxy) is 8. The molecule has 0 saturated carbocycles. The number of halogens is 2. The summed E-state index contributed by atoms with van der Waals surface area (Å²) in [6, 6.07) is 36.7. The molecule has 0 aromatic heterocycles. The standard InChI is InChI=1S/C17H19FNO5.C17H20FNO5.C17H21NO5.C17H20NO5/c1-2-23-15(21)17(18)9-6-10-19(11-14(17)20)16(22)24-12-13-7-4-3-5-8-13;1-2-23-15(21)17(18)12-19(10-6-9-14(17)20)16(22)24-11-13-7-4-3-5-8-13;1-2-22-16(20)14-11-18(10-6-9-15(14)19)17(21)23-12-13-7-4-3-5-8-13;1-2-22-16(20)14-9-6-10-18(11-15(14)19)17(21)23-12-13-7-4-3-5-8-13/h3-8H,2,9-12H2,1H3;3-5,7-8H,2,6,9-12H2,1H3;3-5,7-8,14H,2,6,9-12H2,1H3;3-8,14H,2,9-12H2,1H3/q+1;;;+1. The molecule has 4 saturated heterocycles. The summed E-state index contributed by atoms with van der Waals surface area (Å²) >= 11 is 0. The number of rotatable bonds is 16. The number of esters is 4. The Morgan fingerprint density at radius 2 is 0.819 bits per heavy atom. The average molecular weight is 1310 g/mol. The number of carbonyl (C=O) groups is 12. The molecule has 4 fully saturated rings. The fourth-order valence-electron chi connectivity index (χ4n) is 9.51. The Labute approximate surface area is 544 Å². The summed E-state index contributed by atoms with van der Waals surface area (Å²) in [6.07, 6.45) is 1.30. The smallest absolute Gasteiger partial charge is 0.413 e. The molecule has 94 heavy (non-hydrogen) atoms. The van der Waals surface area contributed by atoms with Crippen LogP contribution in [0, 0.1) is 24.7 Å². The van der Waals surface area contributed by atoms with Crippen molar-refractivity contribution >= 4 is 71.4 Å². The van der Waals surface area contributed by atoms with Gasteiger partial charge < -0.3 is 47.7 Å². The third-order valence-corrected chi connectivity index (χ3v) is 14.6. The van der Waals surface area contributed by atoms with Crippen molar-refractivity contribution in [2.45, 2.75) is 104 Å². The zero-order chi connectivity index (χ0) is 68.5. The number of amides is 4. The molecule has 0 N–H and O–H groups in total. The van der Waals surface area contributed by atoms with Gasteiger partial charge in [0.25, 0.3) is 5.67 Å². The Kier molecular flexibility index (Phi) is 30.9. The van der Waals surface area contributed by atoms with Crippen LogP contribution in [0.15, 0.2) is 121 Å². The molecule has 4 aliphatic heterocycles. The fourth-order valence-corrected chi connectivity index (χ4v) is 9.51. The summed E-state index contributed by atoms with van der Waals surface area (Å²) in [5.74, 6) is -7.69. The van der Waals surface area contributed by atoms with Gasteiger partial charge in [0.15, 0.2) is 30.6 Å². The molecule has 4 aliphatic rings. The van der Waals surface area contributed by atoms with Crippen molar-refractivity contribution in [3.05, 3.63) is 156 Å². The minimum absolute atomic E-state index is 0.0183. The predicted molar refractivity (Wildman–Crippen MR) is 330 cm³/mol. The Bertz CT molecular complexity index is 3160. The topological polar surface area (TPSA) is 292 Å². The van der Waals surface area contributed by atoms with E-state index in [9.17, 15) is 66.3 Å².